The Kier molecular flexibility index (Phi) is 6.52. The minimum absolute atomic E-state index is 0.143. The minimum atomic E-state index is -4.26. The number of ether oxygens (including phenoxy) is 1. The maximum Gasteiger partial charge on any atom is 0.324 e. The number of carbonyl (C=O) groups is 2. The molecular weight excluding hydrogens is 246 g/mol. The molecule has 4 nitrogen and oxygen atoms in total. The predicted octanol–water partition coefficient (Wildman–Crippen LogP) is 1.35. The summed E-state index contributed by atoms with van der Waals surface area (Å²) in [5, 5.41) is 1.63. The quantitative estimate of drug-likeness (QED) is 0.554. The lowest BCUT2D eigenvalue weighted by molar-refractivity contribution is -0.145. The van der Waals surface area contributed by atoms with E-state index < -0.39 is 30.8 Å². The van der Waals surface area contributed by atoms with Gasteiger partial charge in [0, 0.05) is 6.42 Å². The fourth-order valence-electron chi connectivity index (χ4n) is 0.831. The Balaban J connectivity index is 3.85. The van der Waals surface area contributed by atoms with Gasteiger partial charge in [-0.05, 0) is 6.92 Å². The van der Waals surface area contributed by atoms with Gasteiger partial charge in [-0.15, -0.1) is 0 Å². The molecule has 0 radical (unpaired) electrons. The smallest absolute Gasteiger partial charge is 0.324 e. The lowest BCUT2D eigenvalue weighted by atomic mass is 10.3. The molecule has 0 aromatic heterocycles. The van der Waals surface area contributed by atoms with Gasteiger partial charge in [-0.2, -0.15) is 8.78 Å². The molecule has 0 aromatic carbocycles. The van der Waals surface area contributed by atoms with Crippen LogP contribution < -0.4 is 5.32 Å². The Labute approximate surface area is 95.3 Å². The molecule has 0 aliphatic rings. The van der Waals surface area contributed by atoms with E-state index in [9.17, 15) is 27.2 Å². The van der Waals surface area contributed by atoms with Crippen LogP contribution in [0.2, 0.25) is 0 Å². The lowest BCUT2D eigenvalue weighted by Gasteiger charge is -2.15. The molecule has 0 spiro atoms. The Bertz CT molecular complexity index is 271. The van der Waals surface area contributed by atoms with Crippen molar-refractivity contribution in [1.29, 1.82) is 0 Å². The van der Waals surface area contributed by atoms with Crippen molar-refractivity contribution in [1.82, 2.24) is 5.32 Å². The van der Waals surface area contributed by atoms with Crippen LogP contribution in [0.5, 0.6) is 0 Å². The van der Waals surface area contributed by atoms with E-state index in [1.807, 2.05) is 0 Å². The maximum atomic E-state index is 12.4. The Morgan fingerprint density at radius 3 is 2.35 bits per heavy atom. The first-order chi connectivity index (χ1) is 7.79. The highest BCUT2D eigenvalue weighted by Crippen LogP contribution is 2.21. The highest BCUT2D eigenvalue weighted by Gasteiger charge is 2.40. The van der Waals surface area contributed by atoms with E-state index in [0.29, 0.717) is 0 Å². The van der Waals surface area contributed by atoms with Gasteiger partial charge in [-0.1, -0.05) is 0 Å². The topological polar surface area (TPSA) is 55.4 Å². The summed E-state index contributed by atoms with van der Waals surface area (Å²) in [6, 6.07) is 0. The van der Waals surface area contributed by atoms with Crippen molar-refractivity contribution in [3.8, 4) is 0 Å². The summed E-state index contributed by atoms with van der Waals surface area (Å²) >= 11 is 0. The second-order valence-corrected chi connectivity index (χ2v) is 3.14. The SMILES string of the molecule is CCOC(=O)CCC(=O)NCC(F)(F)C(F)F. The summed E-state index contributed by atoms with van der Waals surface area (Å²) in [4.78, 5) is 21.7. The molecule has 100 valence electrons. The Morgan fingerprint density at radius 2 is 1.88 bits per heavy atom. The summed E-state index contributed by atoms with van der Waals surface area (Å²) in [6.07, 6.45) is -4.49. The van der Waals surface area contributed by atoms with Crippen molar-refractivity contribution in [2.45, 2.75) is 32.1 Å². The molecule has 0 fully saturated rings. The van der Waals surface area contributed by atoms with Crippen LogP contribution in [-0.4, -0.2) is 37.4 Å². The van der Waals surface area contributed by atoms with Crippen LogP contribution in [0.1, 0.15) is 19.8 Å². The number of esters is 1. The second kappa shape index (κ2) is 7.08. The molecule has 0 rings (SSSR count). The lowest BCUT2D eigenvalue weighted by Crippen LogP contribution is -2.41. The summed E-state index contributed by atoms with van der Waals surface area (Å²) in [6.45, 7) is 0.261. The van der Waals surface area contributed by atoms with Crippen molar-refractivity contribution in [2.24, 2.45) is 0 Å². The Hall–Kier alpha value is -1.34. The number of nitrogens with one attached hydrogen (secondary N) is 1. The summed E-state index contributed by atoms with van der Waals surface area (Å²) in [5.41, 5.74) is 0. The molecule has 0 saturated carbocycles. The number of hydrogen-bond donors (Lipinski definition) is 1. The third-order valence-corrected chi connectivity index (χ3v) is 1.70. The molecule has 0 aromatic rings. The van der Waals surface area contributed by atoms with Gasteiger partial charge in [-0.3, -0.25) is 9.59 Å². The van der Waals surface area contributed by atoms with E-state index in [-0.39, 0.29) is 19.4 Å². The van der Waals surface area contributed by atoms with Gasteiger partial charge < -0.3 is 10.1 Å². The van der Waals surface area contributed by atoms with Gasteiger partial charge in [-0.25, -0.2) is 8.78 Å². The van der Waals surface area contributed by atoms with Crippen LogP contribution in [0.25, 0.3) is 0 Å². The molecule has 0 bridgehead atoms. The monoisotopic (exact) mass is 259 g/mol. The normalized spacial score (nSPS) is 11.4. The van der Waals surface area contributed by atoms with Gasteiger partial charge in [0.25, 0.3) is 0 Å². The molecule has 1 amide bonds. The zero-order chi connectivity index (χ0) is 13.5. The maximum absolute atomic E-state index is 12.4. The van der Waals surface area contributed by atoms with Crippen LogP contribution in [0, 0.1) is 0 Å². The van der Waals surface area contributed by atoms with Crippen molar-refractivity contribution in [3.05, 3.63) is 0 Å². The number of rotatable bonds is 7. The van der Waals surface area contributed by atoms with Gasteiger partial charge >= 0.3 is 18.3 Å². The average molecular weight is 259 g/mol. The first kappa shape index (κ1) is 15.7. The fourth-order valence-corrected chi connectivity index (χ4v) is 0.831. The zero-order valence-electron chi connectivity index (χ0n) is 9.14. The van der Waals surface area contributed by atoms with E-state index in [0.717, 1.165) is 0 Å². The van der Waals surface area contributed by atoms with Gasteiger partial charge in [0.2, 0.25) is 5.91 Å². The molecule has 0 heterocycles. The number of amides is 1. The molecule has 0 aliphatic carbocycles. The molecular formula is C9H13F4NO3. The largest absolute Gasteiger partial charge is 0.466 e. The molecule has 0 aliphatic heterocycles. The average Bonchev–Trinajstić information content (AvgIpc) is 2.24. The minimum Gasteiger partial charge on any atom is -0.466 e. The van der Waals surface area contributed by atoms with Crippen molar-refractivity contribution in [3.63, 3.8) is 0 Å². The standard InChI is InChI=1S/C9H13F4NO3/c1-2-17-7(16)4-3-6(15)14-5-9(12,13)8(10)11/h8H,2-5H2,1H3,(H,14,15). The third kappa shape index (κ3) is 6.75. The van der Waals surface area contributed by atoms with Crippen LogP contribution >= 0.6 is 0 Å². The molecule has 0 unspecified atom stereocenters. The van der Waals surface area contributed by atoms with Crippen molar-refractivity contribution in [2.75, 3.05) is 13.2 Å². The van der Waals surface area contributed by atoms with E-state index >= 15 is 0 Å². The molecule has 1 N–H and O–H groups in total. The van der Waals surface area contributed by atoms with E-state index in [1.165, 1.54) is 0 Å². The van der Waals surface area contributed by atoms with Gasteiger partial charge in [0.15, 0.2) is 0 Å². The number of alkyl halides is 4. The van der Waals surface area contributed by atoms with Crippen LogP contribution in [-0.2, 0) is 14.3 Å². The third-order valence-electron chi connectivity index (χ3n) is 1.70. The molecule has 17 heavy (non-hydrogen) atoms. The second-order valence-electron chi connectivity index (χ2n) is 3.14. The first-order valence-corrected chi connectivity index (χ1v) is 4.88. The highest BCUT2D eigenvalue weighted by atomic mass is 19.3. The van der Waals surface area contributed by atoms with Gasteiger partial charge in [0.1, 0.15) is 0 Å². The van der Waals surface area contributed by atoms with Crippen molar-refractivity contribution < 1.29 is 31.9 Å². The number of hydrogen-bond acceptors (Lipinski definition) is 3. The van der Waals surface area contributed by atoms with Crippen LogP contribution in [0.3, 0.4) is 0 Å². The predicted molar refractivity (Wildman–Crippen MR) is 49.8 cm³/mol. The number of carbonyl (C=O) groups excluding carboxylic acids is 2. The fraction of sp³-hybridized carbons (Fsp3) is 0.778. The Morgan fingerprint density at radius 1 is 1.29 bits per heavy atom. The zero-order valence-corrected chi connectivity index (χ0v) is 9.14. The molecule has 0 atom stereocenters. The van der Waals surface area contributed by atoms with E-state index in [1.54, 1.807) is 12.2 Å². The molecule has 0 saturated heterocycles. The van der Waals surface area contributed by atoms with Crippen LogP contribution in [0.15, 0.2) is 0 Å². The molecule has 8 heteroatoms. The first-order valence-electron chi connectivity index (χ1n) is 4.88. The van der Waals surface area contributed by atoms with E-state index in [4.69, 9.17) is 0 Å². The summed E-state index contributed by atoms with van der Waals surface area (Å²) in [5.74, 6) is -5.82. The van der Waals surface area contributed by atoms with Gasteiger partial charge in [0.05, 0.1) is 19.6 Å². The summed E-state index contributed by atoms with van der Waals surface area (Å²) < 4.78 is 52.6. The van der Waals surface area contributed by atoms with Crippen molar-refractivity contribution >= 4 is 11.9 Å². The van der Waals surface area contributed by atoms with Crippen LogP contribution in [0.4, 0.5) is 17.6 Å². The number of halogens is 4. The highest BCUT2D eigenvalue weighted by molar-refractivity contribution is 5.81. The van der Waals surface area contributed by atoms with E-state index in [2.05, 4.69) is 4.74 Å². The summed E-state index contributed by atoms with van der Waals surface area (Å²) in [7, 11) is 0.